The average Bonchev–Trinajstić information content (AvgIpc) is 3.40. The van der Waals surface area contributed by atoms with Gasteiger partial charge in [-0.2, -0.15) is 0 Å². The molecule has 33 heavy (non-hydrogen) atoms. The first kappa shape index (κ1) is 21.3. The molecule has 0 atom stereocenters. The number of nitrogens with one attached hydrogen (secondary N) is 2. The van der Waals surface area contributed by atoms with Gasteiger partial charge in [0.15, 0.2) is 11.5 Å². The van der Waals surface area contributed by atoms with Gasteiger partial charge in [-0.05, 0) is 55.3 Å². The average molecular weight is 469 g/mol. The molecule has 2 N–H and O–H groups in total. The number of benzene rings is 3. The second-order valence-corrected chi connectivity index (χ2v) is 9.73. The summed E-state index contributed by atoms with van der Waals surface area (Å²) in [5, 5.41) is 2.75. The molecule has 1 amide bonds. The fourth-order valence-electron chi connectivity index (χ4n) is 4.04. The van der Waals surface area contributed by atoms with E-state index in [4.69, 9.17) is 9.47 Å². The predicted molar refractivity (Wildman–Crippen MR) is 121 cm³/mol. The van der Waals surface area contributed by atoms with E-state index < -0.39 is 27.5 Å². The fourth-order valence-corrected chi connectivity index (χ4v) is 5.16. The van der Waals surface area contributed by atoms with E-state index in [1.807, 2.05) is 0 Å². The third-order valence-electron chi connectivity index (χ3n) is 5.68. The maximum atomic E-state index is 13.9. The molecular formula is C24H21FN2O5S. The number of hydrogen-bond acceptors (Lipinski definition) is 5. The van der Waals surface area contributed by atoms with Gasteiger partial charge in [0, 0.05) is 30.2 Å². The first-order chi connectivity index (χ1) is 15.8. The van der Waals surface area contributed by atoms with Gasteiger partial charge >= 0.3 is 0 Å². The third kappa shape index (κ3) is 4.23. The maximum Gasteiger partial charge on any atom is 0.262 e. The molecule has 0 unspecified atom stereocenters. The molecule has 0 saturated heterocycles. The molecule has 170 valence electrons. The second-order valence-electron chi connectivity index (χ2n) is 8.05. The summed E-state index contributed by atoms with van der Waals surface area (Å²) in [5.41, 5.74) is 0.458. The number of carbonyl (C=O) groups is 1. The number of fused-ring (bicyclic) bond motifs is 1. The van der Waals surface area contributed by atoms with Gasteiger partial charge in [0.25, 0.3) is 21.7 Å². The highest BCUT2D eigenvalue weighted by Gasteiger charge is 2.44. The van der Waals surface area contributed by atoms with Crippen molar-refractivity contribution in [1.29, 1.82) is 0 Å². The standard InChI is InChI=1S/C24H21FN2O5S/c25-19-8-1-2-9-20(19)27-33(29,30)18-7-5-6-16(14-18)23(28)26-17-10-11-21-22(15-17)32-24(31-21)12-3-4-13-24/h1-2,5-11,14-15,27H,3-4,12-13H2,(H,26,28). The zero-order valence-corrected chi connectivity index (χ0v) is 18.3. The van der Waals surface area contributed by atoms with Gasteiger partial charge in [0.1, 0.15) is 5.82 Å². The lowest BCUT2D eigenvalue weighted by atomic mass is 10.2. The second kappa shape index (κ2) is 8.08. The SMILES string of the molecule is O=C(Nc1ccc2c(c1)OC1(CCCC1)O2)c1cccc(S(=O)(=O)Nc2ccccc2F)c1. The molecule has 0 aromatic heterocycles. The Morgan fingerprint density at radius 3 is 2.45 bits per heavy atom. The molecule has 0 radical (unpaired) electrons. The number of hydrogen-bond donors (Lipinski definition) is 2. The van der Waals surface area contributed by atoms with E-state index in [0.717, 1.165) is 31.7 Å². The number of sulfonamides is 1. The van der Waals surface area contributed by atoms with Crippen LogP contribution in [0.2, 0.25) is 0 Å². The summed E-state index contributed by atoms with van der Waals surface area (Å²) in [6.07, 6.45) is 3.74. The van der Waals surface area contributed by atoms with E-state index in [9.17, 15) is 17.6 Å². The lowest BCUT2D eigenvalue weighted by Crippen LogP contribution is -2.34. The Morgan fingerprint density at radius 2 is 1.67 bits per heavy atom. The highest BCUT2D eigenvalue weighted by molar-refractivity contribution is 7.92. The topological polar surface area (TPSA) is 93.7 Å². The van der Waals surface area contributed by atoms with E-state index in [2.05, 4.69) is 10.0 Å². The summed E-state index contributed by atoms with van der Waals surface area (Å²) in [5.74, 6) is -0.578. The Bertz CT molecular complexity index is 1340. The molecule has 1 aliphatic heterocycles. The van der Waals surface area contributed by atoms with Gasteiger partial charge in [-0.25, -0.2) is 12.8 Å². The number of ether oxygens (including phenoxy) is 2. The smallest absolute Gasteiger partial charge is 0.262 e. The van der Waals surface area contributed by atoms with Crippen LogP contribution in [0.3, 0.4) is 0 Å². The zero-order chi connectivity index (χ0) is 23.1. The molecule has 1 spiro atoms. The van der Waals surface area contributed by atoms with Crippen LogP contribution in [0.1, 0.15) is 36.0 Å². The Morgan fingerprint density at radius 1 is 0.909 bits per heavy atom. The van der Waals surface area contributed by atoms with Crippen molar-refractivity contribution in [3.63, 3.8) is 0 Å². The number of anilines is 2. The molecule has 1 saturated carbocycles. The van der Waals surface area contributed by atoms with Crippen molar-refractivity contribution in [2.24, 2.45) is 0 Å². The van der Waals surface area contributed by atoms with E-state index in [0.29, 0.717) is 17.2 Å². The summed E-state index contributed by atoms with van der Waals surface area (Å²) in [7, 11) is -4.09. The number of rotatable bonds is 5. The van der Waals surface area contributed by atoms with Gasteiger partial charge in [-0.15, -0.1) is 0 Å². The highest BCUT2D eigenvalue weighted by Crippen LogP contribution is 2.47. The zero-order valence-electron chi connectivity index (χ0n) is 17.5. The van der Waals surface area contributed by atoms with Crippen LogP contribution in [0.5, 0.6) is 11.5 Å². The minimum Gasteiger partial charge on any atom is -0.448 e. The van der Waals surface area contributed by atoms with Crippen LogP contribution in [0.25, 0.3) is 0 Å². The first-order valence-electron chi connectivity index (χ1n) is 10.5. The van der Waals surface area contributed by atoms with E-state index in [1.54, 1.807) is 18.2 Å². The predicted octanol–water partition coefficient (Wildman–Crippen LogP) is 4.92. The van der Waals surface area contributed by atoms with Gasteiger partial charge in [0.05, 0.1) is 10.6 Å². The summed E-state index contributed by atoms with van der Waals surface area (Å²) in [6, 6.07) is 16.1. The van der Waals surface area contributed by atoms with Gasteiger partial charge in [-0.1, -0.05) is 18.2 Å². The fraction of sp³-hybridized carbons (Fsp3) is 0.208. The van der Waals surface area contributed by atoms with Crippen LogP contribution >= 0.6 is 0 Å². The van der Waals surface area contributed by atoms with Crippen molar-refractivity contribution < 1.29 is 27.1 Å². The molecule has 1 fully saturated rings. The maximum absolute atomic E-state index is 13.9. The quantitative estimate of drug-likeness (QED) is 0.554. The summed E-state index contributed by atoms with van der Waals surface area (Å²) < 4.78 is 53.5. The van der Waals surface area contributed by atoms with Crippen LogP contribution in [0.15, 0.2) is 71.6 Å². The Balaban J connectivity index is 1.32. The molecule has 3 aromatic rings. The monoisotopic (exact) mass is 468 g/mol. The van der Waals surface area contributed by atoms with Crippen molar-refractivity contribution in [2.75, 3.05) is 10.0 Å². The molecule has 7 nitrogen and oxygen atoms in total. The van der Waals surface area contributed by atoms with Crippen LogP contribution in [0.4, 0.5) is 15.8 Å². The molecule has 0 bridgehead atoms. The van der Waals surface area contributed by atoms with Crippen molar-refractivity contribution in [3.05, 3.63) is 78.1 Å². The summed E-state index contributed by atoms with van der Waals surface area (Å²) >= 11 is 0. The van der Waals surface area contributed by atoms with E-state index in [1.165, 1.54) is 42.5 Å². The Labute approximate surface area is 190 Å². The van der Waals surface area contributed by atoms with Crippen molar-refractivity contribution >= 4 is 27.3 Å². The van der Waals surface area contributed by atoms with Gasteiger partial charge < -0.3 is 14.8 Å². The van der Waals surface area contributed by atoms with Crippen molar-refractivity contribution in [3.8, 4) is 11.5 Å². The molecule has 1 heterocycles. The van der Waals surface area contributed by atoms with Gasteiger partial charge in [0.2, 0.25) is 0 Å². The first-order valence-corrected chi connectivity index (χ1v) is 12.0. The molecule has 2 aliphatic rings. The minimum atomic E-state index is -4.09. The third-order valence-corrected chi connectivity index (χ3v) is 7.05. The number of para-hydroxylation sites is 1. The molecular weight excluding hydrogens is 447 g/mol. The lowest BCUT2D eigenvalue weighted by molar-refractivity contribution is -0.0716. The van der Waals surface area contributed by atoms with E-state index >= 15 is 0 Å². The molecule has 1 aliphatic carbocycles. The normalized spacial score (nSPS) is 16.0. The van der Waals surface area contributed by atoms with Crippen LogP contribution in [-0.2, 0) is 10.0 Å². The Kier molecular flexibility index (Phi) is 5.20. The van der Waals surface area contributed by atoms with Crippen molar-refractivity contribution in [1.82, 2.24) is 0 Å². The van der Waals surface area contributed by atoms with Crippen molar-refractivity contribution in [2.45, 2.75) is 36.4 Å². The van der Waals surface area contributed by atoms with Gasteiger partial charge in [-0.3, -0.25) is 9.52 Å². The lowest BCUT2D eigenvalue weighted by Gasteiger charge is -2.21. The molecule has 3 aromatic carbocycles. The minimum absolute atomic E-state index is 0.135. The molecule has 9 heteroatoms. The summed E-state index contributed by atoms with van der Waals surface area (Å²) in [6.45, 7) is 0. The number of carbonyl (C=O) groups excluding carboxylic acids is 1. The van der Waals surface area contributed by atoms with Crippen LogP contribution < -0.4 is 19.5 Å². The summed E-state index contributed by atoms with van der Waals surface area (Å²) in [4.78, 5) is 12.6. The van der Waals surface area contributed by atoms with Crippen LogP contribution in [-0.4, -0.2) is 20.1 Å². The van der Waals surface area contributed by atoms with E-state index in [-0.39, 0.29) is 16.1 Å². The van der Waals surface area contributed by atoms with Crippen LogP contribution in [0, 0.1) is 5.82 Å². The molecule has 5 rings (SSSR count). The number of halogens is 1. The highest BCUT2D eigenvalue weighted by atomic mass is 32.2. The largest absolute Gasteiger partial charge is 0.448 e. The number of amides is 1. The Hall–Kier alpha value is -3.59.